The smallest absolute Gasteiger partial charge is 0.256 e. The third-order valence-electron chi connectivity index (χ3n) is 1.45. The maximum Gasteiger partial charge on any atom is 0.444 e. The molecule has 0 saturated heterocycles. The largest absolute Gasteiger partial charge is 0.444 e. The van der Waals surface area contributed by atoms with Crippen molar-refractivity contribution in [2.45, 2.75) is 39.0 Å². The highest BCUT2D eigenvalue weighted by molar-refractivity contribution is 5.66. The van der Waals surface area contributed by atoms with E-state index in [1.165, 1.54) is 0 Å². The van der Waals surface area contributed by atoms with Gasteiger partial charge in [0.1, 0.15) is 4.92 Å². The van der Waals surface area contributed by atoms with Crippen LogP contribution >= 0.6 is 0 Å². The van der Waals surface area contributed by atoms with Gasteiger partial charge in [-0.3, -0.25) is 10.1 Å². The van der Waals surface area contributed by atoms with Crippen LogP contribution in [0.2, 0.25) is 0 Å². The molecule has 0 fully saturated rings. The summed E-state index contributed by atoms with van der Waals surface area (Å²) in [5.41, 5.74) is 0. The van der Waals surface area contributed by atoms with E-state index in [0.717, 1.165) is 19.3 Å². The molecule has 0 aromatic heterocycles. The minimum Gasteiger partial charge on any atom is -0.256 e. The molecular formula is C7H13NO3. The van der Waals surface area contributed by atoms with E-state index in [0.29, 0.717) is 6.42 Å². The number of carbonyl (C=O) groups excluding carboxylic acids is 1. The van der Waals surface area contributed by atoms with Crippen molar-refractivity contribution in [2.24, 2.45) is 0 Å². The van der Waals surface area contributed by atoms with Crippen LogP contribution < -0.4 is 0 Å². The topological polar surface area (TPSA) is 60.2 Å². The van der Waals surface area contributed by atoms with Gasteiger partial charge >= 0.3 is 5.91 Å². The Kier molecular flexibility index (Phi) is 5.33. The number of hydrogen-bond donors (Lipinski definition) is 0. The first-order valence-corrected chi connectivity index (χ1v) is 3.85. The predicted molar refractivity (Wildman–Crippen MR) is 40.8 cm³/mol. The van der Waals surface area contributed by atoms with E-state index in [1.807, 2.05) is 0 Å². The van der Waals surface area contributed by atoms with E-state index in [1.54, 1.807) is 0 Å². The van der Waals surface area contributed by atoms with Crippen LogP contribution in [-0.2, 0) is 4.79 Å². The van der Waals surface area contributed by atoms with Gasteiger partial charge in [-0.15, -0.1) is 0 Å². The molecular weight excluding hydrogens is 146 g/mol. The highest BCUT2D eigenvalue weighted by Crippen LogP contribution is 2.02. The van der Waals surface area contributed by atoms with E-state index in [4.69, 9.17) is 0 Å². The van der Waals surface area contributed by atoms with Gasteiger partial charge in [-0.1, -0.05) is 26.2 Å². The van der Waals surface area contributed by atoms with Gasteiger partial charge in [0.05, 0.1) is 6.42 Å². The summed E-state index contributed by atoms with van der Waals surface area (Å²) in [6, 6.07) is 0. The fourth-order valence-electron chi connectivity index (χ4n) is 0.794. The Labute approximate surface area is 65.7 Å². The summed E-state index contributed by atoms with van der Waals surface area (Å²) < 4.78 is 0. The fraction of sp³-hybridized carbons (Fsp3) is 0.857. The molecule has 0 spiro atoms. The molecule has 0 unspecified atom stereocenters. The van der Waals surface area contributed by atoms with Crippen molar-refractivity contribution in [1.29, 1.82) is 0 Å². The van der Waals surface area contributed by atoms with E-state index in [9.17, 15) is 14.9 Å². The van der Waals surface area contributed by atoms with Gasteiger partial charge in [-0.05, 0) is 6.42 Å². The summed E-state index contributed by atoms with van der Waals surface area (Å²) in [6.45, 7) is 2.05. The van der Waals surface area contributed by atoms with Crippen LogP contribution in [0.1, 0.15) is 39.0 Å². The zero-order chi connectivity index (χ0) is 8.69. The lowest BCUT2D eigenvalue weighted by Gasteiger charge is -1.92. The predicted octanol–water partition coefficient (Wildman–Crippen LogP) is 1.76. The minimum absolute atomic E-state index is 0.0903. The van der Waals surface area contributed by atoms with Gasteiger partial charge in [-0.25, -0.2) is 4.79 Å². The Bertz CT molecular complexity index is 145. The lowest BCUT2D eigenvalue weighted by Crippen LogP contribution is -2.10. The van der Waals surface area contributed by atoms with Gasteiger partial charge in [0.2, 0.25) is 0 Å². The summed E-state index contributed by atoms with van der Waals surface area (Å²) >= 11 is 0. The highest BCUT2D eigenvalue weighted by Gasteiger charge is 2.12. The molecule has 0 rings (SSSR count). The molecule has 0 aliphatic carbocycles. The molecule has 4 nitrogen and oxygen atoms in total. The lowest BCUT2D eigenvalue weighted by atomic mass is 10.1. The van der Waals surface area contributed by atoms with Crippen molar-refractivity contribution >= 4 is 5.91 Å². The Morgan fingerprint density at radius 2 is 2.00 bits per heavy atom. The van der Waals surface area contributed by atoms with Crippen LogP contribution in [0.5, 0.6) is 0 Å². The van der Waals surface area contributed by atoms with Crippen LogP contribution in [0.15, 0.2) is 0 Å². The molecule has 0 aromatic rings. The van der Waals surface area contributed by atoms with Gasteiger partial charge in [0.25, 0.3) is 0 Å². The van der Waals surface area contributed by atoms with E-state index in [-0.39, 0.29) is 6.42 Å². The molecule has 1 amide bonds. The number of unbranched alkanes of at least 4 members (excludes halogenated alkanes) is 3. The number of nitrogens with zero attached hydrogens (tertiary/aromatic N) is 1. The van der Waals surface area contributed by atoms with Crippen molar-refractivity contribution < 1.29 is 9.72 Å². The average Bonchev–Trinajstić information content (AvgIpc) is 1.97. The summed E-state index contributed by atoms with van der Waals surface area (Å²) in [4.78, 5) is 19.4. The second-order valence-electron chi connectivity index (χ2n) is 2.46. The van der Waals surface area contributed by atoms with E-state index >= 15 is 0 Å². The van der Waals surface area contributed by atoms with Gasteiger partial charge in [0.15, 0.2) is 0 Å². The third-order valence-corrected chi connectivity index (χ3v) is 1.45. The van der Waals surface area contributed by atoms with Crippen LogP contribution in [0.3, 0.4) is 0 Å². The Morgan fingerprint density at radius 1 is 1.36 bits per heavy atom. The standard InChI is InChI=1S/C7H13NO3/c1-2-3-4-5-6-7(9)8(10)11/h2-6H2,1H3. The molecule has 0 saturated carbocycles. The molecule has 0 heterocycles. The normalized spacial score (nSPS) is 9.55. The summed E-state index contributed by atoms with van der Waals surface area (Å²) in [6.07, 6.45) is 3.77. The number of amides is 1. The Balaban J connectivity index is 3.25. The summed E-state index contributed by atoms with van der Waals surface area (Å²) in [7, 11) is 0. The average molecular weight is 159 g/mol. The third kappa shape index (κ3) is 5.51. The maximum atomic E-state index is 10.4. The summed E-state index contributed by atoms with van der Waals surface area (Å²) in [5.74, 6) is -0.860. The first-order valence-electron chi connectivity index (χ1n) is 3.85. The molecule has 0 aliphatic heterocycles. The molecule has 0 aromatic carbocycles. The number of rotatable bonds is 5. The van der Waals surface area contributed by atoms with Crippen molar-refractivity contribution in [3.05, 3.63) is 10.1 Å². The van der Waals surface area contributed by atoms with Crippen LogP contribution in [0, 0.1) is 10.1 Å². The Morgan fingerprint density at radius 3 is 2.45 bits per heavy atom. The molecule has 4 heteroatoms. The van der Waals surface area contributed by atoms with Gasteiger partial charge in [0, 0.05) is 0 Å². The van der Waals surface area contributed by atoms with Crippen molar-refractivity contribution in [2.75, 3.05) is 0 Å². The van der Waals surface area contributed by atoms with E-state index in [2.05, 4.69) is 6.92 Å². The second kappa shape index (κ2) is 5.82. The Hall–Kier alpha value is -0.930. The van der Waals surface area contributed by atoms with Gasteiger partial charge < -0.3 is 0 Å². The molecule has 0 radical (unpaired) electrons. The molecule has 0 bridgehead atoms. The molecule has 0 aliphatic rings. The lowest BCUT2D eigenvalue weighted by molar-refractivity contribution is -0.402. The highest BCUT2D eigenvalue weighted by atomic mass is 16.6. The quantitative estimate of drug-likeness (QED) is 0.349. The SMILES string of the molecule is CCCCCCC(=O)[N+](=O)[O-]. The monoisotopic (exact) mass is 159 g/mol. The molecule has 0 atom stereocenters. The number of hydrogen-bond acceptors (Lipinski definition) is 3. The summed E-state index contributed by atoms with van der Waals surface area (Å²) in [5, 5.41) is 9.82. The van der Waals surface area contributed by atoms with Gasteiger partial charge in [-0.2, -0.15) is 0 Å². The maximum absolute atomic E-state index is 10.4. The minimum atomic E-state index is -0.860. The van der Waals surface area contributed by atoms with Crippen molar-refractivity contribution in [1.82, 2.24) is 0 Å². The van der Waals surface area contributed by atoms with Crippen molar-refractivity contribution in [3.8, 4) is 0 Å². The van der Waals surface area contributed by atoms with Crippen LogP contribution in [-0.4, -0.2) is 10.8 Å². The van der Waals surface area contributed by atoms with Crippen molar-refractivity contribution in [3.63, 3.8) is 0 Å². The zero-order valence-corrected chi connectivity index (χ0v) is 6.71. The first kappa shape index (κ1) is 10.1. The molecule has 11 heavy (non-hydrogen) atoms. The first-order chi connectivity index (χ1) is 5.18. The molecule has 64 valence electrons. The molecule has 0 N–H and O–H groups in total. The van der Waals surface area contributed by atoms with Crippen LogP contribution in [0.25, 0.3) is 0 Å². The number of carbonyl (C=O) groups is 1. The fourth-order valence-corrected chi connectivity index (χ4v) is 0.794. The second-order valence-corrected chi connectivity index (χ2v) is 2.46. The zero-order valence-electron chi connectivity index (χ0n) is 6.71. The van der Waals surface area contributed by atoms with E-state index < -0.39 is 10.8 Å². The van der Waals surface area contributed by atoms with Crippen LogP contribution in [0.4, 0.5) is 0 Å². The number of nitro groups is 1.